The first-order valence-corrected chi connectivity index (χ1v) is 8.63. The number of ketones is 1. The van der Waals surface area contributed by atoms with Gasteiger partial charge in [0, 0.05) is 24.8 Å². The van der Waals surface area contributed by atoms with Crippen molar-refractivity contribution >= 4 is 5.78 Å². The Kier molecular flexibility index (Phi) is 4.54. The molecule has 3 aromatic rings. The van der Waals surface area contributed by atoms with Crippen molar-refractivity contribution in [1.29, 1.82) is 5.26 Å². The first-order chi connectivity index (χ1) is 13.2. The van der Waals surface area contributed by atoms with Gasteiger partial charge in [0.15, 0.2) is 5.78 Å². The molecule has 1 aliphatic heterocycles. The number of nitriles is 1. The number of hydrogen-bond acceptors (Lipinski definition) is 5. The third-order valence-electron chi connectivity index (χ3n) is 4.33. The largest absolute Gasteiger partial charge is 0.492 e. The molecule has 0 spiro atoms. The van der Waals surface area contributed by atoms with E-state index in [1.54, 1.807) is 30.5 Å². The molecule has 2 aromatic carbocycles. The van der Waals surface area contributed by atoms with Gasteiger partial charge in [-0.25, -0.2) is 4.98 Å². The first kappa shape index (κ1) is 16.8. The normalized spacial score (nSPS) is 12.6. The maximum atomic E-state index is 11.9. The monoisotopic (exact) mass is 356 g/mol. The Labute approximate surface area is 156 Å². The number of benzene rings is 2. The molecule has 27 heavy (non-hydrogen) atoms. The van der Waals surface area contributed by atoms with Crippen molar-refractivity contribution in [3.63, 3.8) is 0 Å². The van der Waals surface area contributed by atoms with Crippen molar-refractivity contribution < 1.29 is 14.3 Å². The van der Waals surface area contributed by atoms with Crippen LogP contribution in [0, 0.1) is 11.3 Å². The van der Waals surface area contributed by atoms with E-state index >= 15 is 0 Å². The number of fused-ring (bicyclic) bond motifs is 1. The van der Waals surface area contributed by atoms with Crippen LogP contribution in [0.2, 0.25) is 0 Å². The smallest absolute Gasteiger partial charge is 0.219 e. The highest BCUT2D eigenvalue weighted by Gasteiger charge is 2.19. The van der Waals surface area contributed by atoms with Gasteiger partial charge in [0.25, 0.3) is 0 Å². The summed E-state index contributed by atoms with van der Waals surface area (Å²) in [5, 5.41) is 9.03. The molecule has 0 saturated carbocycles. The van der Waals surface area contributed by atoms with E-state index in [1.165, 1.54) is 0 Å². The number of rotatable bonds is 4. The molecule has 0 N–H and O–H groups in total. The molecule has 0 radical (unpaired) electrons. The van der Waals surface area contributed by atoms with Gasteiger partial charge in [0.2, 0.25) is 5.88 Å². The fraction of sp³-hybridized carbons (Fsp3) is 0.136. The molecule has 0 amide bonds. The minimum absolute atomic E-state index is 0.0857. The lowest BCUT2D eigenvalue weighted by Crippen LogP contribution is -2.15. The Morgan fingerprint density at radius 2 is 2.00 bits per heavy atom. The van der Waals surface area contributed by atoms with E-state index in [-0.39, 0.29) is 5.78 Å². The van der Waals surface area contributed by atoms with Crippen LogP contribution < -0.4 is 9.47 Å². The summed E-state index contributed by atoms with van der Waals surface area (Å²) in [5.41, 5.74) is 3.31. The zero-order chi connectivity index (χ0) is 18.6. The van der Waals surface area contributed by atoms with Crippen LogP contribution in [0.5, 0.6) is 17.4 Å². The second-order valence-electron chi connectivity index (χ2n) is 6.27. The number of nitrogens with zero attached hydrogens (tertiary/aromatic N) is 2. The van der Waals surface area contributed by atoms with Gasteiger partial charge in [-0.3, -0.25) is 4.79 Å². The summed E-state index contributed by atoms with van der Waals surface area (Å²) in [4.78, 5) is 16.1. The third kappa shape index (κ3) is 3.80. The Balaban J connectivity index is 1.53. The van der Waals surface area contributed by atoms with E-state index in [0.717, 1.165) is 11.1 Å². The fourth-order valence-corrected chi connectivity index (χ4v) is 3.03. The van der Waals surface area contributed by atoms with Crippen molar-refractivity contribution in [2.24, 2.45) is 0 Å². The van der Waals surface area contributed by atoms with Crippen LogP contribution in [-0.4, -0.2) is 17.4 Å². The van der Waals surface area contributed by atoms with Crippen LogP contribution >= 0.6 is 0 Å². The standard InChI is InChI=1S/C22H16N2O3/c23-14-17-3-1-2-15(11-17)10-16-6-8-24-22(12-16)27-18-4-5-19-20(25)7-9-26-21(19)13-18/h1-6,8,11-13H,7,9-10H2. The lowest BCUT2D eigenvalue weighted by atomic mass is 10.0. The topological polar surface area (TPSA) is 72.2 Å². The first-order valence-electron chi connectivity index (χ1n) is 8.63. The summed E-state index contributed by atoms with van der Waals surface area (Å²) in [7, 11) is 0. The molecular formula is C22H16N2O3. The van der Waals surface area contributed by atoms with Crippen molar-refractivity contribution in [3.05, 3.63) is 83.0 Å². The molecule has 0 bridgehead atoms. The molecule has 2 heterocycles. The maximum Gasteiger partial charge on any atom is 0.219 e. The minimum Gasteiger partial charge on any atom is -0.492 e. The van der Waals surface area contributed by atoms with Crippen LogP contribution in [0.15, 0.2) is 60.8 Å². The van der Waals surface area contributed by atoms with Gasteiger partial charge in [-0.2, -0.15) is 5.26 Å². The van der Waals surface area contributed by atoms with Gasteiger partial charge in [-0.15, -0.1) is 0 Å². The van der Waals surface area contributed by atoms with Crippen LogP contribution in [-0.2, 0) is 6.42 Å². The highest BCUT2D eigenvalue weighted by Crippen LogP contribution is 2.31. The average molecular weight is 356 g/mol. The molecule has 4 rings (SSSR count). The summed E-state index contributed by atoms with van der Waals surface area (Å²) >= 11 is 0. The number of hydrogen-bond donors (Lipinski definition) is 0. The SMILES string of the molecule is N#Cc1cccc(Cc2ccnc(Oc3ccc4c(c3)OCCC4=O)c2)c1. The Hall–Kier alpha value is -3.65. The molecule has 5 heteroatoms. The average Bonchev–Trinajstić information content (AvgIpc) is 2.68. The Morgan fingerprint density at radius 3 is 2.89 bits per heavy atom. The van der Waals surface area contributed by atoms with Gasteiger partial charge in [-0.1, -0.05) is 12.1 Å². The third-order valence-corrected chi connectivity index (χ3v) is 4.33. The number of carbonyl (C=O) groups is 1. The summed E-state index contributed by atoms with van der Waals surface area (Å²) < 4.78 is 11.4. The molecule has 5 nitrogen and oxygen atoms in total. The summed E-state index contributed by atoms with van der Waals surface area (Å²) in [6, 6.07) is 18.6. The van der Waals surface area contributed by atoms with Crippen molar-refractivity contribution in [1.82, 2.24) is 4.98 Å². The van der Waals surface area contributed by atoms with Gasteiger partial charge < -0.3 is 9.47 Å². The number of Topliss-reactive ketones (excluding diaryl/α,β-unsaturated/α-hetero) is 1. The molecule has 0 aliphatic carbocycles. The molecule has 0 saturated heterocycles. The molecule has 1 aromatic heterocycles. The van der Waals surface area contributed by atoms with E-state index in [4.69, 9.17) is 14.7 Å². The van der Waals surface area contributed by atoms with Crippen molar-refractivity contribution in [2.75, 3.05) is 6.61 Å². The van der Waals surface area contributed by atoms with E-state index in [2.05, 4.69) is 11.1 Å². The number of aromatic nitrogens is 1. The highest BCUT2D eigenvalue weighted by molar-refractivity contribution is 5.99. The second kappa shape index (κ2) is 7.30. The zero-order valence-electron chi connectivity index (χ0n) is 14.5. The fourth-order valence-electron chi connectivity index (χ4n) is 3.03. The quantitative estimate of drug-likeness (QED) is 0.697. The number of pyridine rings is 1. The number of ether oxygens (including phenoxy) is 2. The molecule has 0 unspecified atom stereocenters. The molecular weight excluding hydrogens is 340 g/mol. The Morgan fingerprint density at radius 1 is 1.11 bits per heavy atom. The predicted octanol–water partition coefficient (Wildman–Crippen LogP) is 4.30. The summed E-state index contributed by atoms with van der Waals surface area (Å²) in [6.07, 6.45) is 2.78. The van der Waals surface area contributed by atoms with Crippen molar-refractivity contribution in [3.8, 4) is 23.4 Å². The molecule has 1 aliphatic rings. The molecule has 132 valence electrons. The lowest BCUT2D eigenvalue weighted by Gasteiger charge is -2.17. The number of carbonyl (C=O) groups excluding carboxylic acids is 1. The Bertz CT molecular complexity index is 1050. The maximum absolute atomic E-state index is 11.9. The van der Waals surface area contributed by atoms with Crippen LogP contribution in [0.4, 0.5) is 0 Å². The van der Waals surface area contributed by atoms with Crippen LogP contribution in [0.3, 0.4) is 0 Å². The second-order valence-corrected chi connectivity index (χ2v) is 6.27. The molecule has 0 atom stereocenters. The van der Waals surface area contributed by atoms with E-state index in [9.17, 15) is 4.79 Å². The summed E-state index contributed by atoms with van der Waals surface area (Å²) in [5.74, 6) is 1.67. The van der Waals surface area contributed by atoms with Crippen LogP contribution in [0.25, 0.3) is 0 Å². The van der Waals surface area contributed by atoms with Gasteiger partial charge in [0.1, 0.15) is 11.5 Å². The predicted molar refractivity (Wildman–Crippen MR) is 99.2 cm³/mol. The van der Waals surface area contributed by atoms with Gasteiger partial charge in [-0.05, 0) is 47.9 Å². The van der Waals surface area contributed by atoms with Gasteiger partial charge >= 0.3 is 0 Å². The molecule has 0 fully saturated rings. The highest BCUT2D eigenvalue weighted by atomic mass is 16.5. The van der Waals surface area contributed by atoms with Gasteiger partial charge in [0.05, 0.1) is 23.8 Å². The zero-order valence-corrected chi connectivity index (χ0v) is 14.5. The lowest BCUT2D eigenvalue weighted by molar-refractivity contribution is 0.0933. The summed E-state index contributed by atoms with van der Waals surface area (Å²) in [6.45, 7) is 0.394. The van der Waals surface area contributed by atoms with E-state index < -0.39 is 0 Å². The van der Waals surface area contributed by atoms with E-state index in [0.29, 0.717) is 48.0 Å². The minimum atomic E-state index is 0.0857. The van der Waals surface area contributed by atoms with Crippen LogP contribution in [0.1, 0.15) is 33.5 Å². The van der Waals surface area contributed by atoms with E-state index in [1.807, 2.05) is 30.3 Å². The van der Waals surface area contributed by atoms with Crippen molar-refractivity contribution in [2.45, 2.75) is 12.8 Å².